The molecule has 2 aromatic rings. The molecule has 1 aromatic heterocycles. The van der Waals surface area contributed by atoms with Crippen molar-refractivity contribution >= 4 is 5.91 Å². The van der Waals surface area contributed by atoms with Crippen molar-refractivity contribution in [3.05, 3.63) is 58.5 Å². The lowest BCUT2D eigenvalue weighted by Crippen LogP contribution is -2.32. The molecule has 6 heteroatoms. The van der Waals surface area contributed by atoms with Gasteiger partial charge < -0.3 is 15.2 Å². The first-order valence-corrected chi connectivity index (χ1v) is 7.83. The maximum Gasteiger partial charge on any atom is 0.255 e. The molecule has 24 heavy (non-hydrogen) atoms. The van der Waals surface area contributed by atoms with Gasteiger partial charge >= 0.3 is 0 Å². The summed E-state index contributed by atoms with van der Waals surface area (Å²) < 4.78 is 6.53. The van der Waals surface area contributed by atoms with Crippen LogP contribution in [0.1, 0.15) is 23.2 Å². The van der Waals surface area contributed by atoms with Crippen LogP contribution in [0.3, 0.4) is 0 Å². The zero-order valence-electron chi connectivity index (χ0n) is 13.5. The first-order valence-electron chi connectivity index (χ1n) is 7.83. The zero-order valence-corrected chi connectivity index (χ0v) is 13.5. The third-order valence-corrected chi connectivity index (χ3v) is 4.44. The van der Waals surface area contributed by atoms with Crippen molar-refractivity contribution < 1.29 is 14.6 Å². The second kappa shape index (κ2) is 6.49. The minimum atomic E-state index is -0.253. The van der Waals surface area contributed by atoms with Gasteiger partial charge in [0.1, 0.15) is 5.75 Å². The highest BCUT2D eigenvalue weighted by Gasteiger charge is 2.42. The summed E-state index contributed by atoms with van der Waals surface area (Å²) in [5, 5.41) is 12.1. The fourth-order valence-corrected chi connectivity index (χ4v) is 2.50. The van der Waals surface area contributed by atoms with E-state index >= 15 is 0 Å². The summed E-state index contributed by atoms with van der Waals surface area (Å²) >= 11 is 0. The topological polar surface area (TPSA) is 80.6 Å². The first-order chi connectivity index (χ1) is 11.6. The third-order valence-electron chi connectivity index (χ3n) is 4.44. The highest BCUT2D eigenvalue weighted by Crippen LogP contribution is 2.44. The van der Waals surface area contributed by atoms with E-state index in [0.717, 1.165) is 12.8 Å². The molecule has 1 aliphatic rings. The number of hydrogen-bond donors (Lipinski definition) is 2. The van der Waals surface area contributed by atoms with E-state index in [-0.39, 0.29) is 23.5 Å². The van der Waals surface area contributed by atoms with E-state index in [0.29, 0.717) is 23.5 Å². The number of nitrogens with zero attached hydrogens (tertiary/aromatic N) is 1. The number of ether oxygens (including phenoxy) is 1. The van der Waals surface area contributed by atoms with E-state index in [1.165, 1.54) is 22.9 Å². The van der Waals surface area contributed by atoms with Gasteiger partial charge in [-0.2, -0.15) is 0 Å². The van der Waals surface area contributed by atoms with Crippen LogP contribution in [0.2, 0.25) is 0 Å². The quantitative estimate of drug-likeness (QED) is 0.839. The number of methoxy groups -OCH3 is 1. The highest BCUT2D eigenvalue weighted by molar-refractivity contribution is 5.94. The Morgan fingerprint density at radius 1 is 1.25 bits per heavy atom. The molecule has 1 heterocycles. The zero-order chi connectivity index (χ0) is 17.2. The van der Waals surface area contributed by atoms with Crippen LogP contribution in [0.4, 0.5) is 0 Å². The van der Waals surface area contributed by atoms with Gasteiger partial charge in [0.25, 0.3) is 11.5 Å². The molecule has 6 nitrogen and oxygen atoms in total. The van der Waals surface area contributed by atoms with Crippen molar-refractivity contribution in [3.8, 4) is 11.4 Å². The van der Waals surface area contributed by atoms with Crippen LogP contribution in [-0.4, -0.2) is 35.8 Å². The molecule has 1 saturated carbocycles. The number of carbonyl (C=O) groups is 1. The van der Waals surface area contributed by atoms with Gasteiger partial charge in [-0.15, -0.1) is 0 Å². The smallest absolute Gasteiger partial charge is 0.255 e. The van der Waals surface area contributed by atoms with Gasteiger partial charge in [0.05, 0.1) is 19.3 Å². The average Bonchev–Trinajstić information content (AvgIpc) is 3.41. The molecule has 0 aliphatic heterocycles. The number of carbonyl (C=O) groups excluding carboxylic acids is 1. The van der Waals surface area contributed by atoms with Crippen LogP contribution in [0, 0.1) is 5.41 Å². The highest BCUT2D eigenvalue weighted by atomic mass is 16.5. The number of aliphatic hydroxyl groups is 1. The molecule has 2 N–H and O–H groups in total. The van der Waals surface area contributed by atoms with Crippen molar-refractivity contribution in [1.29, 1.82) is 0 Å². The summed E-state index contributed by atoms with van der Waals surface area (Å²) in [4.78, 5) is 24.4. The standard InChI is InChI=1S/C18H20N2O4/c1-24-15-5-3-14(4-6-15)20-10-13(2-7-16(20)22)17(23)19-11-18(12-21)8-9-18/h2-7,10,21H,8-9,11-12H2,1H3,(H,19,23). The predicted molar refractivity (Wildman–Crippen MR) is 89.7 cm³/mol. The monoisotopic (exact) mass is 328 g/mol. The molecular formula is C18H20N2O4. The Morgan fingerprint density at radius 2 is 1.96 bits per heavy atom. The number of hydrogen-bond acceptors (Lipinski definition) is 4. The molecule has 1 fully saturated rings. The molecule has 0 radical (unpaired) electrons. The second-order valence-corrected chi connectivity index (χ2v) is 6.16. The molecule has 1 aromatic carbocycles. The Morgan fingerprint density at radius 3 is 2.54 bits per heavy atom. The molecule has 126 valence electrons. The Kier molecular flexibility index (Phi) is 4.40. The van der Waals surface area contributed by atoms with Crippen molar-refractivity contribution in [3.63, 3.8) is 0 Å². The Balaban J connectivity index is 1.80. The van der Waals surface area contributed by atoms with Gasteiger partial charge in [-0.3, -0.25) is 14.2 Å². The van der Waals surface area contributed by atoms with Crippen LogP contribution in [0.15, 0.2) is 47.4 Å². The molecule has 1 aliphatic carbocycles. The number of nitrogens with one attached hydrogen (secondary N) is 1. The fraction of sp³-hybridized carbons (Fsp3) is 0.333. The summed E-state index contributed by atoms with van der Waals surface area (Å²) in [6.45, 7) is 0.530. The lowest BCUT2D eigenvalue weighted by molar-refractivity contribution is 0.0934. The van der Waals surface area contributed by atoms with Crippen molar-refractivity contribution in [2.75, 3.05) is 20.3 Å². The maximum atomic E-state index is 12.3. The van der Waals surface area contributed by atoms with Crippen LogP contribution in [-0.2, 0) is 0 Å². The molecular weight excluding hydrogens is 308 g/mol. The van der Waals surface area contributed by atoms with Crippen molar-refractivity contribution in [1.82, 2.24) is 9.88 Å². The first kappa shape index (κ1) is 16.3. The van der Waals surface area contributed by atoms with E-state index in [1.807, 2.05) is 0 Å². The van der Waals surface area contributed by atoms with E-state index in [2.05, 4.69) is 5.32 Å². The summed E-state index contributed by atoms with van der Waals surface area (Å²) in [6.07, 6.45) is 3.38. The molecule has 0 saturated heterocycles. The summed E-state index contributed by atoms with van der Waals surface area (Å²) in [5.74, 6) is 0.441. The van der Waals surface area contributed by atoms with Crippen LogP contribution >= 0.6 is 0 Å². The molecule has 0 bridgehead atoms. The minimum Gasteiger partial charge on any atom is -0.497 e. The van der Waals surface area contributed by atoms with Crippen LogP contribution < -0.4 is 15.6 Å². The van der Waals surface area contributed by atoms with Gasteiger partial charge in [-0.05, 0) is 43.2 Å². The Bertz CT molecular complexity index is 791. The van der Waals surface area contributed by atoms with Gasteiger partial charge in [0.15, 0.2) is 0 Å². The Hall–Kier alpha value is -2.60. The second-order valence-electron chi connectivity index (χ2n) is 6.16. The SMILES string of the molecule is COc1ccc(-n2cc(C(=O)NCC3(CO)CC3)ccc2=O)cc1. The van der Waals surface area contributed by atoms with Gasteiger partial charge in [0, 0.05) is 29.9 Å². The van der Waals surface area contributed by atoms with Gasteiger partial charge in [-0.25, -0.2) is 0 Å². The molecule has 1 amide bonds. The minimum absolute atomic E-state index is 0.0820. The summed E-state index contributed by atoms with van der Waals surface area (Å²) in [6, 6.07) is 9.91. The largest absolute Gasteiger partial charge is 0.497 e. The lowest BCUT2D eigenvalue weighted by Gasteiger charge is -2.13. The van der Waals surface area contributed by atoms with E-state index in [9.17, 15) is 14.7 Å². The number of aliphatic hydroxyl groups excluding tert-OH is 1. The Labute approximate surface area is 139 Å². The number of amides is 1. The molecule has 3 rings (SSSR count). The third kappa shape index (κ3) is 3.33. The van der Waals surface area contributed by atoms with Gasteiger partial charge in [-0.1, -0.05) is 0 Å². The van der Waals surface area contributed by atoms with Crippen LogP contribution in [0.5, 0.6) is 5.75 Å². The van der Waals surface area contributed by atoms with E-state index < -0.39 is 0 Å². The average molecular weight is 328 g/mol. The van der Waals surface area contributed by atoms with Crippen LogP contribution in [0.25, 0.3) is 5.69 Å². The normalized spacial score (nSPS) is 14.9. The molecule has 0 unspecified atom stereocenters. The maximum absolute atomic E-state index is 12.3. The van der Waals surface area contributed by atoms with Gasteiger partial charge in [0.2, 0.25) is 0 Å². The fourth-order valence-electron chi connectivity index (χ4n) is 2.50. The number of rotatable bonds is 6. The number of pyridine rings is 1. The van der Waals surface area contributed by atoms with E-state index in [1.54, 1.807) is 31.4 Å². The van der Waals surface area contributed by atoms with Crippen molar-refractivity contribution in [2.24, 2.45) is 5.41 Å². The number of aromatic nitrogens is 1. The predicted octanol–water partition coefficient (Wildman–Crippen LogP) is 1.35. The molecule has 0 atom stereocenters. The summed E-state index contributed by atoms with van der Waals surface area (Å²) in [5.41, 5.74) is 0.689. The number of benzene rings is 1. The van der Waals surface area contributed by atoms with E-state index in [4.69, 9.17) is 4.74 Å². The molecule has 0 spiro atoms. The van der Waals surface area contributed by atoms with Crippen molar-refractivity contribution in [2.45, 2.75) is 12.8 Å². The lowest BCUT2D eigenvalue weighted by atomic mass is 10.1. The summed E-state index contributed by atoms with van der Waals surface area (Å²) in [7, 11) is 1.57.